The summed E-state index contributed by atoms with van der Waals surface area (Å²) in [5.74, 6) is 1.68. The van der Waals surface area contributed by atoms with Crippen LogP contribution in [0.4, 0.5) is 0 Å². The van der Waals surface area contributed by atoms with Gasteiger partial charge >= 0.3 is 5.97 Å². The van der Waals surface area contributed by atoms with Crippen molar-refractivity contribution in [2.24, 2.45) is 5.10 Å². The summed E-state index contributed by atoms with van der Waals surface area (Å²) in [4.78, 5) is 12.6. The highest BCUT2D eigenvalue weighted by atomic mass is 35.5. The fourth-order valence-electron chi connectivity index (χ4n) is 4.92. The number of esters is 1. The Morgan fingerprint density at radius 2 is 1.69 bits per heavy atom. The van der Waals surface area contributed by atoms with Crippen LogP contribution in [0.1, 0.15) is 58.2 Å². The molecular weight excluding hydrogens is 512 g/mol. The minimum atomic E-state index is -0.453. The Labute approximate surface area is 232 Å². The summed E-state index contributed by atoms with van der Waals surface area (Å²) in [6, 6.07) is 28.4. The lowest BCUT2D eigenvalue weighted by atomic mass is 9.96. The van der Waals surface area contributed by atoms with Crippen LogP contribution in [0.2, 0.25) is 5.02 Å². The van der Waals surface area contributed by atoms with Crippen molar-refractivity contribution in [1.29, 1.82) is 0 Å². The van der Waals surface area contributed by atoms with Crippen molar-refractivity contribution in [1.82, 2.24) is 5.01 Å². The lowest BCUT2D eigenvalue weighted by molar-refractivity contribution is -0.0190. The van der Waals surface area contributed by atoms with Gasteiger partial charge < -0.3 is 14.2 Å². The SMILES string of the molecule is CCOc1ccc(C2=NN3C(C2)c2cc(Cl)ccc2OC3c2ccc(OC(=O)c3ccc(C)cc3)cc2)cc1. The van der Waals surface area contributed by atoms with Crippen molar-refractivity contribution in [2.45, 2.75) is 32.5 Å². The molecule has 196 valence electrons. The molecular formula is C32H27ClN2O4. The highest BCUT2D eigenvalue weighted by molar-refractivity contribution is 6.30. The molecule has 39 heavy (non-hydrogen) atoms. The van der Waals surface area contributed by atoms with Gasteiger partial charge in [-0.05, 0) is 98.3 Å². The summed E-state index contributed by atoms with van der Waals surface area (Å²) < 4.78 is 17.7. The first-order chi connectivity index (χ1) is 19.0. The molecule has 0 aromatic heterocycles. The zero-order chi connectivity index (χ0) is 26.9. The number of rotatable bonds is 6. The molecule has 0 bridgehead atoms. The van der Waals surface area contributed by atoms with Gasteiger partial charge in [0.1, 0.15) is 17.2 Å². The third kappa shape index (κ3) is 5.08. The molecule has 0 aliphatic carbocycles. The van der Waals surface area contributed by atoms with E-state index in [1.165, 1.54) is 0 Å². The number of fused-ring (bicyclic) bond motifs is 3. The number of halogens is 1. The third-order valence-corrected chi connectivity index (χ3v) is 7.15. The number of carbonyl (C=O) groups excluding carboxylic acids is 1. The molecule has 6 rings (SSSR count). The monoisotopic (exact) mass is 538 g/mol. The average Bonchev–Trinajstić information content (AvgIpc) is 3.40. The average molecular weight is 539 g/mol. The van der Waals surface area contributed by atoms with Crippen molar-refractivity contribution in [3.63, 3.8) is 0 Å². The molecule has 6 nitrogen and oxygen atoms in total. The molecule has 2 aliphatic rings. The fraction of sp³-hybridized carbons (Fsp3) is 0.188. The van der Waals surface area contributed by atoms with Gasteiger partial charge in [-0.1, -0.05) is 29.3 Å². The molecule has 0 amide bonds. The van der Waals surface area contributed by atoms with Crippen molar-refractivity contribution in [3.8, 4) is 17.2 Å². The Morgan fingerprint density at radius 3 is 2.41 bits per heavy atom. The Kier molecular flexibility index (Phi) is 6.71. The predicted molar refractivity (Wildman–Crippen MR) is 151 cm³/mol. The summed E-state index contributed by atoms with van der Waals surface area (Å²) in [7, 11) is 0. The van der Waals surface area contributed by atoms with Gasteiger partial charge in [0.15, 0.2) is 0 Å². The fourth-order valence-corrected chi connectivity index (χ4v) is 5.10. The molecule has 2 unspecified atom stereocenters. The summed E-state index contributed by atoms with van der Waals surface area (Å²) >= 11 is 6.36. The molecule has 0 saturated heterocycles. The maximum absolute atomic E-state index is 12.6. The second-order valence-electron chi connectivity index (χ2n) is 9.58. The van der Waals surface area contributed by atoms with Crippen LogP contribution in [0.25, 0.3) is 0 Å². The van der Waals surface area contributed by atoms with Crippen molar-refractivity contribution in [2.75, 3.05) is 6.61 Å². The molecule has 2 aliphatic heterocycles. The first-order valence-electron chi connectivity index (χ1n) is 12.9. The number of ether oxygens (including phenoxy) is 3. The molecule has 4 aromatic carbocycles. The third-order valence-electron chi connectivity index (χ3n) is 6.91. The van der Waals surface area contributed by atoms with E-state index in [0.717, 1.165) is 39.5 Å². The standard InChI is InChI=1S/C32H27ClN2O4/c1-3-37-25-13-8-21(9-14-25)28-19-29-27-18-24(33)12-17-30(27)39-31(35(29)34-28)22-10-15-26(16-11-22)38-32(36)23-6-4-20(2)5-7-23/h4-18,29,31H,3,19H2,1-2H3. The number of benzene rings is 4. The first-order valence-corrected chi connectivity index (χ1v) is 13.3. The van der Waals surface area contributed by atoms with Crippen molar-refractivity contribution in [3.05, 3.63) is 124 Å². The molecule has 0 saturated carbocycles. The maximum Gasteiger partial charge on any atom is 0.343 e. The Balaban J connectivity index is 1.28. The van der Waals surface area contributed by atoms with Crippen molar-refractivity contribution < 1.29 is 19.0 Å². The molecule has 2 heterocycles. The van der Waals surface area contributed by atoms with E-state index in [1.807, 2.05) is 85.6 Å². The normalized spacial score (nSPS) is 17.5. The van der Waals surface area contributed by atoms with Gasteiger partial charge in [-0.25, -0.2) is 9.80 Å². The quantitative estimate of drug-likeness (QED) is 0.188. The predicted octanol–water partition coefficient (Wildman–Crippen LogP) is 7.51. The van der Waals surface area contributed by atoms with Crippen LogP contribution in [0, 0.1) is 6.92 Å². The number of hydrogen-bond acceptors (Lipinski definition) is 6. The van der Waals surface area contributed by atoms with Crippen LogP contribution >= 0.6 is 11.6 Å². The molecule has 7 heteroatoms. The summed E-state index contributed by atoms with van der Waals surface area (Å²) in [5, 5.41) is 7.67. The lowest BCUT2D eigenvalue weighted by Gasteiger charge is -2.38. The minimum Gasteiger partial charge on any atom is -0.494 e. The van der Waals surface area contributed by atoms with Gasteiger partial charge in [0, 0.05) is 22.6 Å². The van der Waals surface area contributed by atoms with Gasteiger partial charge in [-0.3, -0.25) is 0 Å². The molecule has 0 spiro atoms. The summed E-state index contributed by atoms with van der Waals surface area (Å²) in [5.41, 5.74) is 5.49. The smallest absolute Gasteiger partial charge is 0.343 e. The van der Waals surface area contributed by atoms with E-state index in [4.69, 9.17) is 30.9 Å². The minimum absolute atomic E-state index is 0.0296. The van der Waals surface area contributed by atoms with E-state index in [9.17, 15) is 4.79 Å². The lowest BCUT2D eigenvalue weighted by Crippen LogP contribution is -2.33. The maximum atomic E-state index is 12.6. The first kappa shape index (κ1) is 25.0. The van der Waals surface area contributed by atoms with E-state index in [1.54, 1.807) is 24.3 Å². The Bertz CT molecular complexity index is 1530. The van der Waals surface area contributed by atoms with Crippen LogP contribution in [0.5, 0.6) is 17.2 Å². The number of hydrogen-bond donors (Lipinski definition) is 0. The van der Waals surface area contributed by atoms with Crippen LogP contribution in [0.3, 0.4) is 0 Å². The van der Waals surface area contributed by atoms with Gasteiger partial charge in [-0.2, -0.15) is 5.10 Å². The number of hydrazone groups is 1. The molecule has 0 fully saturated rings. The highest BCUT2D eigenvalue weighted by Gasteiger charge is 2.41. The number of aryl methyl sites for hydroxylation is 1. The van der Waals surface area contributed by atoms with Crippen molar-refractivity contribution >= 4 is 23.3 Å². The Hall–Kier alpha value is -4.29. The second-order valence-corrected chi connectivity index (χ2v) is 10.0. The zero-order valence-electron chi connectivity index (χ0n) is 21.6. The largest absolute Gasteiger partial charge is 0.494 e. The summed E-state index contributed by atoms with van der Waals surface area (Å²) in [6.45, 7) is 4.57. The van der Waals surface area contributed by atoms with Gasteiger partial charge in [0.05, 0.1) is 23.9 Å². The molecule has 2 atom stereocenters. The molecule has 4 aromatic rings. The van der Waals surface area contributed by atoms with Crippen LogP contribution < -0.4 is 14.2 Å². The molecule has 0 radical (unpaired) electrons. The summed E-state index contributed by atoms with van der Waals surface area (Å²) in [6.07, 6.45) is 0.263. The second kappa shape index (κ2) is 10.5. The van der Waals surface area contributed by atoms with Crippen LogP contribution in [-0.4, -0.2) is 23.3 Å². The van der Waals surface area contributed by atoms with E-state index >= 15 is 0 Å². The van der Waals surface area contributed by atoms with Crippen LogP contribution in [0.15, 0.2) is 96.1 Å². The highest BCUT2D eigenvalue weighted by Crippen LogP contribution is 2.48. The van der Waals surface area contributed by atoms with Gasteiger partial charge in [0.25, 0.3) is 0 Å². The van der Waals surface area contributed by atoms with Crippen LogP contribution in [-0.2, 0) is 0 Å². The number of carbonyl (C=O) groups is 1. The van der Waals surface area contributed by atoms with E-state index < -0.39 is 12.2 Å². The Morgan fingerprint density at radius 1 is 0.974 bits per heavy atom. The van der Waals surface area contributed by atoms with E-state index in [-0.39, 0.29) is 6.04 Å². The molecule has 0 N–H and O–H groups in total. The van der Waals surface area contributed by atoms with E-state index in [0.29, 0.717) is 29.4 Å². The topological polar surface area (TPSA) is 60.4 Å². The van der Waals surface area contributed by atoms with E-state index in [2.05, 4.69) is 0 Å². The zero-order valence-corrected chi connectivity index (χ0v) is 22.4. The van der Waals surface area contributed by atoms with Gasteiger partial charge in [0.2, 0.25) is 6.23 Å². The van der Waals surface area contributed by atoms with Gasteiger partial charge in [-0.15, -0.1) is 0 Å². The number of nitrogens with zero attached hydrogens (tertiary/aromatic N) is 2.